The minimum absolute atomic E-state index is 0.314. The average molecular weight is 460 g/mol. The van der Waals surface area contributed by atoms with E-state index in [9.17, 15) is 9.59 Å². The van der Waals surface area contributed by atoms with E-state index in [4.69, 9.17) is 9.47 Å². The number of ether oxygens (including phenoxy) is 2. The van der Waals surface area contributed by atoms with Gasteiger partial charge in [0.1, 0.15) is 0 Å². The van der Waals surface area contributed by atoms with Crippen LogP contribution in [0.2, 0.25) is 0 Å². The summed E-state index contributed by atoms with van der Waals surface area (Å²) in [6, 6.07) is 9.92. The van der Waals surface area contributed by atoms with Gasteiger partial charge in [0.15, 0.2) is 11.5 Å². The van der Waals surface area contributed by atoms with Crippen LogP contribution in [0, 0.1) is 6.92 Å². The van der Waals surface area contributed by atoms with Gasteiger partial charge in [-0.2, -0.15) is 0 Å². The van der Waals surface area contributed by atoms with Gasteiger partial charge in [-0.05, 0) is 43.7 Å². The van der Waals surface area contributed by atoms with Crippen molar-refractivity contribution in [2.45, 2.75) is 19.9 Å². The Labute approximate surface area is 177 Å². The third kappa shape index (κ3) is 4.37. The van der Waals surface area contributed by atoms with Crippen molar-refractivity contribution in [3.05, 3.63) is 63.3 Å². The van der Waals surface area contributed by atoms with Crippen LogP contribution < -0.4 is 25.4 Å². The number of halogens is 1. The Hall–Kier alpha value is -3.00. The lowest BCUT2D eigenvalue weighted by molar-refractivity contribution is -0.113. The molecule has 3 amide bonds. The Morgan fingerprint density at radius 3 is 2.31 bits per heavy atom. The first-order chi connectivity index (χ1) is 13.8. The highest BCUT2D eigenvalue weighted by Gasteiger charge is 2.33. The topological polar surface area (TPSA) is 88.7 Å². The molecule has 2 aromatic carbocycles. The third-order valence-corrected chi connectivity index (χ3v) is 5.32. The Balaban J connectivity index is 2.02. The van der Waals surface area contributed by atoms with Crippen molar-refractivity contribution in [3.63, 3.8) is 0 Å². The molecule has 0 aliphatic carbocycles. The van der Waals surface area contributed by atoms with Crippen LogP contribution in [0.3, 0.4) is 0 Å². The molecule has 1 aliphatic heterocycles. The summed E-state index contributed by atoms with van der Waals surface area (Å²) < 4.78 is 11.4. The minimum Gasteiger partial charge on any atom is -0.493 e. The number of methoxy groups -OCH3 is 2. The van der Waals surface area contributed by atoms with E-state index in [1.807, 2.05) is 31.2 Å². The molecule has 0 radical (unpaired) electrons. The quantitative estimate of drug-likeness (QED) is 0.629. The highest BCUT2D eigenvalue weighted by atomic mass is 79.9. The van der Waals surface area contributed by atoms with Crippen LogP contribution in [0.4, 0.5) is 10.5 Å². The molecule has 0 spiro atoms. The number of nitrogens with one attached hydrogen (secondary N) is 3. The number of carbonyl (C=O) groups excluding carboxylic acids is 2. The van der Waals surface area contributed by atoms with Gasteiger partial charge in [-0.15, -0.1) is 0 Å². The number of allylic oxidation sites excluding steroid dienone is 1. The van der Waals surface area contributed by atoms with Crippen molar-refractivity contribution in [1.29, 1.82) is 0 Å². The van der Waals surface area contributed by atoms with Crippen LogP contribution >= 0.6 is 15.9 Å². The molecule has 3 N–H and O–H groups in total. The number of benzene rings is 2. The molecule has 1 atom stereocenters. The predicted molar refractivity (Wildman–Crippen MR) is 114 cm³/mol. The summed E-state index contributed by atoms with van der Waals surface area (Å²) >= 11 is 3.52. The number of carbonyl (C=O) groups is 2. The van der Waals surface area contributed by atoms with E-state index in [1.165, 1.54) is 7.11 Å². The Bertz CT molecular complexity index is 986. The average Bonchev–Trinajstić information content (AvgIpc) is 2.68. The molecule has 7 nitrogen and oxygen atoms in total. The summed E-state index contributed by atoms with van der Waals surface area (Å²) in [5.74, 6) is 0.717. The molecule has 152 valence electrons. The summed E-state index contributed by atoms with van der Waals surface area (Å²) in [6.45, 7) is 3.67. The SMILES string of the molecule is COc1cc(Br)c([C@@H]2NC(=O)NC(C)=C2C(=O)Nc2ccc(C)cc2)cc1OC. The molecular formula is C21H22BrN3O4. The van der Waals surface area contributed by atoms with E-state index in [0.29, 0.717) is 38.5 Å². The number of hydrogen-bond donors (Lipinski definition) is 3. The molecule has 0 saturated carbocycles. The molecule has 1 heterocycles. The maximum atomic E-state index is 13.1. The van der Waals surface area contributed by atoms with Gasteiger partial charge in [0.25, 0.3) is 5.91 Å². The number of amides is 3. The summed E-state index contributed by atoms with van der Waals surface area (Å²) in [6.07, 6.45) is 0. The van der Waals surface area contributed by atoms with Crippen LogP contribution in [0.1, 0.15) is 24.1 Å². The van der Waals surface area contributed by atoms with Crippen molar-refractivity contribution in [2.75, 3.05) is 19.5 Å². The van der Waals surface area contributed by atoms with Crippen molar-refractivity contribution in [2.24, 2.45) is 0 Å². The van der Waals surface area contributed by atoms with Gasteiger partial charge in [0.05, 0.1) is 25.8 Å². The van der Waals surface area contributed by atoms with Crippen molar-refractivity contribution >= 4 is 33.6 Å². The Morgan fingerprint density at radius 1 is 1.07 bits per heavy atom. The zero-order valence-corrected chi connectivity index (χ0v) is 18.1. The standard InChI is InChI=1S/C21H22BrN3O4/c1-11-5-7-13(8-6-11)24-20(26)18-12(2)23-21(27)25-19(18)14-9-16(28-3)17(29-4)10-15(14)22/h5-10,19H,1-4H3,(H,24,26)(H2,23,25,27)/t19-/m0/s1. The van der Waals surface area contributed by atoms with E-state index in [2.05, 4.69) is 31.9 Å². The van der Waals surface area contributed by atoms with Gasteiger partial charge < -0.3 is 25.4 Å². The molecule has 2 aromatic rings. The molecule has 0 bridgehead atoms. The second-order valence-electron chi connectivity index (χ2n) is 6.62. The Kier molecular flexibility index (Phi) is 6.12. The van der Waals surface area contributed by atoms with Crippen LogP contribution in [0.5, 0.6) is 11.5 Å². The lowest BCUT2D eigenvalue weighted by Gasteiger charge is -2.29. The van der Waals surface area contributed by atoms with Gasteiger partial charge in [-0.25, -0.2) is 4.79 Å². The van der Waals surface area contributed by atoms with E-state index >= 15 is 0 Å². The van der Waals surface area contributed by atoms with Gasteiger partial charge in [0.2, 0.25) is 0 Å². The number of hydrogen-bond acceptors (Lipinski definition) is 4. The number of urea groups is 1. The molecule has 0 saturated heterocycles. The van der Waals surface area contributed by atoms with E-state index < -0.39 is 6.04 Å². The predicted octanol–water partition coefficient (Wildman–Crippen LogP) is 4.04. The second kappa shape index (κ2) is 8.57. The zero-order valence-electron chi connectivity index (χ0n) is 16.6. The van der Waals surface area contributed by atoms with Gasteiger partial charge in [-0.1, -0.05) is 33.6 Å². The summed E-state index contributed by atoms with van der Waals surface area (Å²) in [4.78, 5) is 25.3. The normalized spacial score (nSPS) is 16.0. The minimum atomic E-state index is -0.677. The number of aryl methyl sites for hydroxylation is 1. The first kappa shape index (κ1) is 20.7. The van der Waals surface area contributed by atoms with Crippen LogP contribution in [-0.4, -0.2) is 26.2 Å². The van der Waals surface area contributed by atoms with Gasteiger partial charge >= 0.3 is 6.03 Å². The van der Waals surface area contributed by atoms with Crippen molar-refractivity contribution in [3.8, 4) is 11.5 Å². The molecule has 3 rings (SSSR count). The monoisotopic (exact) mass is 459 g/mol. The molecule has 29 heavy (non-hydrogen) atoms. The molecular weight excluding hydrogens is 438 g/mol. The largest absolute Gasteiger partial charge is 0.493 e. The van der Waals surface area contributed by atoms with E-state index in [0.717, 1.165) is 5.56 Å². The summed E-state index contributed by atoms with van der Waals surface area (Å²) in [5.41, 5.74) is 3.31. The highest BCUT2D eigenvalue weighted by molar-refractivity contribution is 9.10. The lowest BCUT2D eigenvalue weighted by Crippen LogP contribution is -2.46. The first-order valence-corrected chi connectivity index (χ1v) is 9.71. The molecule has 0 fully saturated rings. The van der Waals surface area contributed by atoms with Crippen LogP contribution in [-0.2, 0) is 4.79 Å². The third-order valence-electron chi connectivity index (χ3n) is 4.64. The molecule has 8 heteroatoms. The van der Waals surface area contributed by atoms with E-state index in [-0.39, 0.29) is 11.9 Å². The fourth-order valence-corrected chi connectivity index (χ4v) is 3.71. The number of rotatable bonds is 5. The second-order valence-corrected chi connectivity index (χ2v) is 7.47. The van der Waals surface area contributed by atoms with Crippen molar-refractivity contribution in [1.82, 2.24) is 10.6 Å². The highest BCUT2D eigenvalue weighted by Crippen LogP contribution is 2.39. The van der Waals surface area contributed by atoms with Crippen molar-refractivity contribution < 1.29 is 19.1 Å². The zero-order chi connectivity index (χ0) is 21.1. The first-order valence-electron chi connectivity index (χ1n) is 8.91. The molecule has 0 unspecified atom stereocenters. The van der Waals surface area contributed by atoms with E-state index in [1.54, 1.807) is 26.2 Å². The lowest BCUT2D eigenvalue weighted by atomic mass is 9.94. The molecule has 0 aromatic heterocycles. The van der Waals surface area contributed by atoms with Gasteiger partial charge in [-0.3, -0.25) is 4.79 Å². The van der Waals surface area contributed by atoms with Crippen LogP contribution in [0.25, 0.3) is 0 Å². The fourth-order valence-electron chi connectivity index (χ4n) is 3.15. The number of anilines is 1. The van der Waals surface area contributed by atoms with Gasteiger partial charge in [0, 0.05) is 15.9 Å². The summed E-state index contributed by atoms with van der Waals surface area (Å²) in [7, 11) is 3.07. The Morgan fingerprint density at radius 2 is 1.69 bits per heavy atom. The maximum absolute atomic E-state index is 13.1. The fraction of sp³-hybridized carbons (Fsp3) is 0.238. The maximum Gasteiger partial charge on any atom is 0.319 e. The summed E-state index contributed by atoms with van der Waals surface area (Å²) in [5, 5.41) is 8.39. The van der Waals surface area contributed by atoms with Crippen LogP contribution in [0.15, 0.2) is 52.1 Å². The molecule has 1 aliphatic rings. The smallest absolute Gasteiger partial charge is 0.319 e.